The van der Waals surface area contributed by atoms with Gasteiger partial charge in [-0.1, -0.05) is 29.7 Å². The highest BCUT2D eigenvalue weighted by Gasteiger charge is 2.05. The van der Waals surface area contributed by atoms with Crippen LogP contribution in [-0.4, -0.2) is 21.1 Å². The van der Waals surface area contributed by atoms with E-state index in [1.165, 1.54) is 41.8 Å². The van der Waals surface area contributed by atoms with E-state index in [-0.39, 0.29) is 12.4 Å². The first-order chi connectivity index (χ1) is 8.79. The zero-order chi connectivity index (χ0) is 12.8. The SMILES string of the molecule is OCC#Cc1cc(F)ccc1CSc1ncns1. The number of aromatic nitrogens is 2. The summed E-state index contributed by atoms with van der Waals surface area (Å²) in [6.45, 7) is -0.237. The molecule has 0 unspecified atom stereocenters. The Hall–Kier alpha value is -1.42. The molecule has 0 fully saturated rings. The van der Waals surface area contributed by atoms with Crippen molar-refractivity contribution in [1.29, 1.82) is 0 Å². The van der Waals surface area contributed by atoms with Gasteiger partial charge in [0.15, 0.2) is 4.34 Å². The molecule has 0 aliphatic carbocycles. The molecule has 0 radical (unpaired) electrons. The Morgan fingerprint density at radius 2 is 2.33 bits per heavy atom. The molecule has 0 atom stereocenters. The van der Waals surface area contributed by atoms with E-state index in [0.29, 0.717) is 11.3 Å². The van der Waals surface area contributed by atoms with Gasteiger partial charge in [-0.2, -0.15) is 4.37 Å². The fourth-order valence-corrected chi connectivity index (χ4v) is 2.74. The topological polar surface area (TPSA) is 46.0 Å². The number of aliphatic hydroxyl groups is 1. The van der Waals surface area contributed by atoms with E-state index in [1.807, 2.05) is 0 Å². The number of thioether (sulfide) groups is 1. The average molecular weight is 280 g/mol. The van der Waals surface area contributed by atoms with Gasteiger partial charge in [0.2, 0.25) is 0 Å². The van der Waals surface area contributed by atoms with Crippen molar-refractivity contribution in [3.05, 3.63) is 41.5 Å². The molecule has 2 aromatic rings. The summed E-state index contributed by atoms with van der Waals surface area (Å²) in [6, 6.07) is 4.48. The number of halogens is 1. The summed E-state index contributed by atoms with van der Waals surface area (Å²) in [5.41, 5.74) is 1.51. The van der Waals surface area contributed by atoms with Gasteiger partial charge >= 0.3 is 0 Å². The summed E-state index contributed by atoms with van der Waals surface area (Å²) in [7, 11) is 0. The zero-order valence-electron chi connectivity index (χ0n) is 9.26. The van der Waals surface area contributed by atoms with Crippen molar-refractivity contribution >= 4 is 23.3 Å². The zero-order valence-corrected chi connectivity index (χ0v) is 10.9. The van der Waals surface area contributed by atoms with Gasteiger partial charge in [0, 0.05) is 11.3 Å². The van der Waals surface area contributed by atoms with Crippen LogP contribution in [0.3, 0.4) is 0 Å². The van der Waals surface area contributed by atoms with Crippen LogP contribution in [0.2, 0.25) is 0 Å². The Kier molecular flexibility index (Phi) is 4.70. The smallest absolute Gasteiger partial charge is 0.170 e. The van der Waals surface area contributed by atoms with Crippen molar-refractivity contribution in [1.82, 2.24) is 9.36 Å². The van der Waals surface area contributed by atoms with Crippen LogP contribution in [-0.2, 0) is 5.75 Å². The molecule has 0 spiro atoms. The number of hydrogen-bond acceptors (Lipinski definition) is 5. The fourth-order valence-electron chi connectivity index (χ4n) is 1.29. The van der Waals surface area contributed by atoms with Gasteiger partial charge in [0.1, 0.15) is 18.8 Å². The van der Waals surface area contributed by atoms with Gasteiger partial charge in [0.25, 0.3) is 0 Å². The number of benzene rings is 1. The Morgan fingerprint density at radius 1 is 1.44 bits per heavy atom. The quantitative estimate of drug-likeness (QED) is 0.692. The highest BCUT2D eigenvalue weighted by molar-refractivity contribution is 8.00. The molecule has 0 saturated heterocycles. The standard InChI is InChI=1S/C12H9FN2OS2/c13-11-4-3-10(9(6-11)2-1-5-16)7-17-12-14-8-15-18-12/h3-4,6,8,16H,5,7H2. The molecular formula is C12H9FN2OS2. The molecule has 3 nitrogen and oxygen atoms in total. The Labute approximate surface area is 112 Å². The maximum absolute atomic E-state index is 13.1. The van der Waals surface area contributed by atoms with Crippen LogP contribution in [0.5, 0.6) is 0 Å². The van der Waals surface area contributed by atoms with Crippen LogP contribution >= 0.6 is 23.3 Å². The van der Waals surface area contributed by atoms with Crippen molar-refractivity contribution in [2.45, 2.75) is 10.1 Å². The third kappa shape index (κ3) is 3.53. The normalized spacial score (nSPS) is 9.89. The van der Waals surface area contributed by atoms with Gasteiger partial charge in [-0.3, -0.25) is 0 Å². The average Bonchev–Trinajstić information content (AvgIpc) is 2.88. The third-order valence-electron chi connectivity index (χ3n) is 2.07. The summed E-state index contributed by atoms with van der Waals surface area (Å²) >= 11 is 2.85. The monoisotopic (exact) mass is 280 g/mol. The molecule has 0 aliphatic rings. The molecule has 18 heavy (non-hydrogen) atoms. The van der Waals surface area contributed by atoms with Crippen LogP contribution in [0.1, 0.15) is 11.1 Å². The lowest BCUT2D eigenvalue weighted by Gasteiger charge is -2.03. The summed E-state index contributed by atoms with van der Waals surface area (Å²) in [4.78, 5) is 4.06. The molecule has 92 valence electrons. The Bertz CT molecular complexity index is 576. The van der Waals surface area contributed by atoms with Crippen molar-refractivity contribution in [3.63, 3.8) is 0 Å². The lowest BCUT2D eigenvalue weighted by atomic mass is 10.1. The Morgan fingerprint density at radius 3 is 3.06 bits per heavy atom. The maximum Gasteiger partial charge on any atom is 0.170 e. The molecule has 6 heteroatoms. The van der Waals surface area contributed by atoms with Crippen molar-refractivity contribution in [3.8, 4) is 11.8 Å². The summed E-state index contributed by atoms with van der Waals surface area (Å²) in [5, 5.41) is 8.68. The van der Waals surface area contributed by atoms with Gasteiger partial charge in [-0.05, 0) is 29.2 Å². The van der Waals surface area contributed by atoms with E-state index >= 15 is 0 Å². The Balaban J connectivity index is 2.16. The molecule has 0 bridgehead atoms. The number of nitrogens with zero attached hydrogens (tertiary/aromatic N) is 2. The van der Waals surface area contributed by atoms with Crippen molar-refractivity contribution < 1.29 is 9.50 Å². The first-order valence-corrected chi connectivity index (χ1v) is 6.83. The third-order valence-corrected chi connectivity index (χ3v) is 3.91. The molecule has 1 heterocycles. The van der Waals surface area contributed by atoms with E-state index < -0.39 is 0 Å². The lowest BCUT2D eigenvalue weighted by molar-refractivity contribution is 0.350. The predicted octanol–water partition coefficient (Wildman–Crippen LogP) is 2.31. The van der Waals surface area contributed by atoms with E-state index in [4.69, 9.17) is 5.11 Å². The summed E-state index contributed by atoms with van der Waals surface area (Å²) in [6.07, 6.45) is 1.50. The van der Waals surface area contributed by atoms with E-state index in [9.17, 15) is 4.39 Å². The molecule has 0 saturated carbocycles. The number of hydrogen-bond donors (Lipinski definition) is 1. The van der Waals surface area contributed by atoms with Gasteiger partial charge in [-0.15, -0.1) is 0 Å². The van der Waals surface area contributed by atoms with Gasteiger partial charge in [0.05, 0.1) is 0 Å². The largest absolute Gasteiger partial charge is 0.384 e. The van der Waals surface area contributed by atoms with Gasteiger partial charge < -0.3 is 5.11 Å². The van der Waals surface area contributed by atoms with E-state index in [1.54, 1.807) is 6.07 Å². The highest BCUT2D eigenvalue weighted by atomic mass is 32.2. The van der Waals surface area contributed by atoms with Gasteiger partial charge in [-0.25, -0.2) is 9.37 Å². The van der Waals surface area contributed by atoms with Crippen molar-refractivity contribution in [2.75, 3.05) is 6.61 Å². The fraction of sp³-hybridized carbons (Fsp3) is 0.167. The van der Waals surface area contributed by atoms with Crippen LogP contribution in [0.15, 0.2) is 28.9 Å². The highest BCUT2D eigenvalue weighted by Crippen LogP contribution is 2.25. The molecular weight excluding hydrogens is 271 g/mol. The van der Waals surface area contributed by atoms with Crippen molar-refractivity contribution in [2.24, 2.45) is 0 Å². The minimum Gasteiger partial charge on any atom is -0.384 e. The molecule has 2 rings (SSSR count). The molecule has 1 N–H and O–H groups in total. The first-order valence-electron chi connectivity index (χ1n) is 5.07. The maximum atomic E-state index is 13.1. The summed E-state index contributed by atoms with van der Waals surface area (Å²) < 4.78 is 17.9. The summed E-state index contributed by atoms with van der Waals surface area (Å²) in [5.74, 6) is 5.59. The number of aliphatic hydroxyl groups excluding tert-OH is 1. The lowest BCUT2D eigenvalue weighted by Crippen LogP contribution is -1.90. The van der Waals surface area contributed by atoms with Crippen LogP contribution in [0, 0.1) is 17.7 Å². The minimum atomic E-state index is -0.332. The second-order valence-corrected chi connectivity index (χ2v) is 5.26. The van der Waals surface area contributed by atoms with Crippen LogP contribution in [0.25, 0.3) is 0 Å². The second kappa shape index (κ2) is 6.50. The van der Waals surface area contributed by atoms with Crippen LogP contribution in [0.4, 0.5) is 4.39 Å². The molecule has 1 aromatic carbocycles. The minimum absolute atomic E-state index is 0.237. The van der Waals surface area contributed by atoms with E-state index in [2.05, 4.69) is 21.2 Å². The first kappa shape index (κ1) is 13.0. The molecule has 0 amide bonds. The van der Waals surface area contributed by atoms with E-state index in [0.717, 1.165) is 9.90 Å². The second-order valence-electron chi connectivity index (χ2n) is 3.26. The predicted molar refractivity (Wildman–Crippen MR) is 69.8 cm³/mol. The molecule has 1 aromatic heterocycles. The molecule has 0 aliphatic heterocycles. The number of rotatable bonds is 3. The van der Waals surface area contributed by atoms with Crippen LogP contribution < -0.4 is 0 Å².